The monoisotopic (exact) mass is 312 g/mol. The molecule has 0 radical (unpaired) electrons. The average Bonchev–Trinajstić information content (AvgIpc) is 2.30. The second-order valence-corrected chi connectivity index (χ2v) is 6.92. The van der Waals surface area contributed by atoms with E-state index in [1.807, 2.05) is 0 Å². The number of anilines is 1. The van der Waals surface area contributed by atoms with Crippen LogP contribution in [0.4, 0.5) is 14.9 Å². The molecule has 1 aromatic carbocycles. The summed E-state index contributed by atoms with van der Waals surface area (Å²) in [6.45, 7) is 1.74. The molecular formula is C14H17FN2O3S. The van der Waals surface area contributed by atoms with Gasteiger partial charge < -0.3 is 10.6 Å². The number of urea groups is 1. The number of carbonyl (C=O) groups is 1. The third kappa shape index (κ3) is 6.27. The first kappa shape index (κ1) is 17.0. The highest BCUT2D eigenvalue weighted by Crippen LogP contribution is 2.19. The Balaban J connectivity index is 2.88. The van der Waals surface area contributed by atoms with Gasteiger partial charge in [0.2, 0.25) is 0 Å². The fraction of sp³-hybridized carbons (Fsp3) is 0.357. The standard InChI is InChI=1S/C14H17FN2O3S/c1-4-5-10(2)16-14(18)17-13-7-6-12(15)8-11(13)9-21(3,19)20/h1,6-8,10H,5,9H2,2-3H3,(H2,16,17,18)/t10-/m1/s1. The summed E-state index contributed by atoms with van der Waals surface area (Å²) in [5.41, 5.74) is 0.435. The summed E-state index contributed by atoms with van der Waals surface area (Å²) in [6.07, 6.45) is 6.54. The maximum Gasteiger partial charge on any atom is 0.319 e. The lowest BCUT2D eigenvalue weighted by molar-refractivity contribution is 0.249. The van der Waals surface area contributed by atoms with Gasteiger partial charge in [0.1, 0.15) is 5.82 Å². The summed E-state index contributed by atoms with van der Waals surface area (Å²) >= 11 is 0. The zero-order valence-electron chi connectivity index (χ0n) is 11.8. The topological polar surface area (TPSA) is 75.3 Å². The fourth-order valence-electron chi connectivity index (χ4n) is 1.70. The molecule has 1 rings (SSSR count). The smallest absolute Gasteiger partial charge is 0.319 e. The average molecular weight is 312 g/mol. The van der Waals surface area contributed by atoms with Crippen LogP contribution in [0.15, 0.2) is 18.2 Å². The van der Waals surface area contributed by atoms with Crippen LogP contribution in [0.1, 0.15) is 18.9 Å². The van der Waals surface area contributed by atoms with E-state index in [1.165, 1.54) is 6.07 Å². The molecule has 5 nitrogen and oxygen atoms in total. The lowest BCUT2D eigenvalue weighted by Crippen LogP contribution is -2.36. The van der Waals surface area contributed by atoms with Gasteiger partial charge in [-0.1, -0.05) is 0 Å². The Morgan fingerprint density at radius 3 is 2.71 bits per heavy atom. The molecule has 2 amide bonds. The van der Waals surface area contributed by atoms with Gasteiger partial charge in [-0.05, 0) is 30.7 Å². The summed E-state index contributed by atoms with van der Waals surface area (Å²) < 4.78 is 35.9. The molecule has 0 saturated carbocycles. The Hall–Kier alpha value is -2.07. The molecule has 0 aliphatic heterocycles. The Bertz CT molecular complexity index is 665. The van der Waals surface area contributed by atoms with Gasteiger partial charge in [0.25, 0.3) is 0 Å². The fourth-order valence-corrected chi connectivity index (χ4v) is 2.50. The van der Waals surface area contributed by atoms with Crippen molar-refractivity contribution in [3.05, 3.63) is 29.6 Å². The number of halogens is 1. The molecule has 7 heteroatoms. The van der Waals surface area contributed by atoms with Crippen LogP contribution < -0.4 is 10.6 Å². The first-order valence-electron chi connectivity index (χ1n) is 6.18. The van der Waals surface area contributed by atoms with Gasteiger partial charge in [-0.25, -0.2) is 17.6 Å². The number of carbonyl (C=O) groups excluding carboxylic acids is 1. The summed E-state index contributed by atoms with van der Waals surface area (Å²) in [6, 6.07) is 2.79. The third-order valence-corrected chi connectivity index (χ3v) is 3.37. The molecule has 1 atom stereocenters. The number of sulfone groups is 1. The van der Waals surface area contributed by atoms with Gasteiger partial charge in [0.05, 0.1) is 5.75 Å². The van der Waals surface area contributed by atoms with Crippen LogP contribution >= 0.6 is 0 Å². The van der Waals surface area contributed by atoms with Gasteiger partial charge in [-0.15, -0.1) is 12.3 Å². The van der Waals surface area contributed by atoms with E-state index in [9.17, 15) is 17.6 Å². The van der Waals surface area contributed by atoms with Gasteiger partial charge in [0, 0.05) is 24.4 Å². The van der Waals surface area contributed by atoms with Crippen LogP contribution in [-0.4, -0.2) is 26.7 Å². The molecule has 114 valence electrons. The number of benzene rings is 1. The quantitative estimate of drug-likeness (QED) is 0.816. The molecule has 0 aliphatic rings. The van der Waals surface area contributed by atoms with Crippen molar-refractivity contribution in [1.29, 1.82) is 0 Å². The second-order valence-electron chi connectivity index (χ2n) is 4.78. The largest absolute Gasteiger partial charge is 0.334 e. The molecule has 0 unspecified atom stereocenters. The van der Waals surface area contributed by atoms with E-state index in [0.717, 1.165) is 18.4 Å². The molecular weight excluding hydrogens is 295 g/mol. The Labute approximate surface area is 123 Å². The normalized spacial score (nSPS) is 12.3. The Morgan fingerprint density at radius 1 is 1.48 bits per heavy atom. The molecule has 21 heavy (non-hydrogen) atoms. The molecule has 0 saturated heterocycles. The first-order valence-corrected chi connectivity index (χ1v) is 8.24. The van der Waals surface area contributed by atoms with Crippen molar-refractivity contribution in [3.63, 3.8) is 0 Å². The SMILES string of the molecule is C#CC[C@@H](C)NC(=O)Nc1ccc(F)cc1CS(C)(=O)=O. The highest BCUT2D eigenvalue weighted by atomic mass is 32.2. The number of rotatable bonds is 5. The third-order valence-electron chi connectivity index (χ3n) is 2.53. The maximum atomic E-state index is 13.2. The highest BCUT2D eigenvalue weighted by Gasteiger charge is 2.13. The van der Waals surface area contributed by atoms with Crippen LogP contribution in [0.3, 0.4) is 0 Å². The van der Waals surface area contributed by atoms with Gasteiger partial charge >= 0.3 is 6.03 Å². The zero-order valence-corrected chi connectivity index (χ0v) is 12.6. The van der Waals surface area contributed by atoms with E-state index in [4.69, 9.17) is 6.42 Å². The minimum Gasteiger partial charge on any atom is -0.334 e. The van der Waals surface area contributed by atoms with Crippen LogP contribution in [-0.2, 0) is 15.6 Å². The number of hydrogen-bond donors (Lipinski definition) is 2. The Morgan fingerprint density at radius 2 is 2.14 bits per heavy atom. The minimum atomic E-state index is -3.35. The van der Waals surface area contributed by atoms with Gasteiger partial charge in [0.15, 0.2) is 9.84 Å². The van der Waals surface area contributed by atoms with Crippen molar-refractivity contribution in [2.24, 2.45) is 0 Å². The lowest BCUT2D eigenvalue weighted by Gasteiger charge is -2.14. The van der Waals surface area contributed by atoms with E-state index in [0.29, 0.717) is 6.42 Å². The van der Waals surface area contributed by atoms with Crippen molar-refractivity contribution >= 4 is 21.6 Å². The number of hydrogen-bond acceptors (Lipinski definition) is 3. The van der Waals surface area contributed by atoms with Crippen molar-refractivity contribution in [3.8, 4) is 12.3 Å². The molecule has 0 aliphatic carbocycles. The van der Waals surface area contributed by atoms with Crippen molar-refractivity contribution < 1.29 is 17.6 Å². The van der Waals surface area contributed by atoms with Crippen LogP contribution in [0.5, 0.6) is 0 Å². The Kier molecular flexibility index (Phi) is 5.73. The molecule has 0 fully saturated rings. The molecule has 1 aromatic rings. The van der Waals surface area contributed by atoms with E-state index in [-0.39, 0.29) is 23.0 Å². The summed E-state index contributed by atoms with van der Waals surface area (Å²) in [7, 11) is -3.35. The van der Waals surface area contributed by atoms with Crippen molar-refractivity contribution in [2.75, 3.05) is 11.6 Å². The van der Waals surface area contributed by atoms with Crippen LogP contribution in [0, 0.1) is 18.2 Å². The van der Waals surface area contributed by atoms with E-state index in [2.05, 4.69) is 16.6 Å². The van der Waals surface area contributed by atoms with Crippen molar-refractivity contribution in [1.82, 2.24) is 5.32 Å². The van der Waals surface area contributed by atoms with E-state index < -0.39 is 21.7 Å². The molecule has 0 spiro atoms. The van der Waals surface area contributed by atoms with Gasteiger partial charge in [-0.2, -0.15) is 0 Å². The molecule has 0 aromatic heterocycles. The second kappa shape index (κ2) is 7.09. The number of amides is 2. The minimum absolute atomic E-state index is 0.192. The highest BCUT2D eigenvalue weighted by molar-refractivity contribution is 7.89. The molecule has 0 bridgehead atoms. The van der Waals surface area contributed by atoms with Crippen LogP contribution in [0.25, 0.3) is 0 Å². The predicted octanol–water partition coefficient (Wildman–Crippen LogP) is 1.90. The van der Waals surface area contributed by atoms with Gasteiger partial charge in [-0.3, -0.25) is 0 Å². The first-order chi connectivity index (χ1) is 9.71. The zero-order chi connectivity index (χ0) is 16.0. The summed E-state index contributed by atoms with van der Waals surface area (Å²) in [5, 5.41) is 5.10. The van der Waals surface area contributed by atoms with Crippen LogP contribution in [0.2, 0.25) is 0 Å². The summed E-state index contributed by atoms with van der Waals surface area (Å²) in [4.78, 5) is 11.8. The van der Waals surface area contributed by atoms with Crippen molar-refractivity contribution in [2.45, 2.75) is 25.1 Å². The van der Waals surface area contributed by atoms with E-state index >= 15 is 0 Å². The molecule has 0 heterocycles. The number of nitrogens with one attached hydrogen (secondary N) is 2. The predicted molar refractivity (Wildman–Crippen MR) is 80.0 cm³/mol. The lowest BCUT2D eigenvalue weighted by atomic mass is 10.2. The molecule has 2 N–H and O–H groups in total. The van der Waals surface area contributed by atoms with E-state index in [1.54, 1.807) is 6.92 Å². The maximum absolute atomic E-state index is 13.2. The number of terminal acetylenes is 1. The summed E-state index contributed by atoms with van der Waals surface area (Å²) in [5.74, 6) is 1.49.